The number of hydrogen-bond acceptors (Lipinski definition) is 5. The van der Waals surface area contributed by atoms with Gasteiger partial charge in [-0.3, -0.25) is 4.68 Å². The molecule has 7 heteroatoms. The highest BCUT2D eigenvalue weighted by molar-refractivity contribution is 5.94. The minimum atomic E-state index is -1.33. The third kappa shape index (κ3) is 1.89. The number of aliphatic imine (C=N–C) groups is 1. The number of nitrogens with one attached hydrogen (secondary N) is 2. The second-order valence-corrected chi connectivity index (χ2v) is 3.71. The monoisotopic (exact) mass is 224 g/mol. The highest BCUT2D eigenvalue weighted by atomic mass is 19.1. The zero-order valence-electron chi connectivity index (χ0n) is 9.03. The molecule has 4 N–H and O–H groups in total. The molecule has 1 aliphatic heterocycles. The van der Waals surface area contributed by atoms with Crippen LogP contribution in [0.5, 0.6) is 0 Å². The van der Waals surface area contributed by atoms with E-state index in [-0.39, 0.29) is 0 Å². The van der Waals surface area contributed by atoms with Crippen molar-refractivity contribution in [3.63, 3.8) is 0 Å². The minimum Gasteiger partial charge on any atom is -0.330 e. The maximum absolute atomic E-state index is 13.2. The Kier molecular flexibility index (Phi) is 2.39. The van der Waals surface area contributed by atoms with E-state index in [0.29, 0.717) is 5.96 Å². The molecule has 1 aromatic rings. The van der Waals surface area contributed by atoms with Crippen LogP contribution < -0.4 is 16.4 Å². The number of guanidine groups is 1. The Hall–Kier alpha value is -1.89. The maximum atomic E-state index is 13.2. The van der Waals surface area contributed by atoms with Crippen molar-refractivity contribution in [2.45, 2.75) is 12.6 Å². The quantitative estimate of drug-likeness (QED) is 0.640. The van der Waals surface area contributed by atoms with Crippen LogP contribution in [0.1, 0.15) is 6.92 Å². The number of rotatable bonds is 1. The largest absolute Gasteiger partial charge is 0.330 e. The first-order valence-corrected chi connectivity index (χ1v) is 4.75. The van der Waals surface area contributed by atoms with Crippen molar-refractivity contribution in [1.82, 2.24) is 15.1 Å². The zero-order valence-corrected chi connectivity index (χ0v) is 9.03. The lowest BCUT2D eigenvalue weighted by atomic mass is 10.2. The van der Waals surface area contributed by atoms with Crippen LogP contribution in [0.2, 0.25) is 0 Å². The Morgan fingerprint density at radius 2 is 2.38 bits per heavy atom. The van der Waals surface area contributed by atoms with Gasteiger partial charge in [0.15, 0.2) is 11.5 Å². The molecule has 1 aliphatic rings. The van der Waals surface area contributed by atoms with E-state index in [1.807, 2.05) is 0 Å². The molecule has 0 saturated heterocycles. The van der Waals surface area contributed by atoms with Crippen molar-refractivity contribution in [3.05, 3.63) is 24.3 Å². The molecule has 2 rings (SSSR count). The molecule has 1 aromatic heterocycles. The van der Waals surface area contributed by atoms with Gasteiger partial charge in [0.1, 0.15) is 5.82 Å². The highest BCUT2D eigenvalue weighted by Crippen LogP contribution is 2.18. The third-order valence-corrected chi connectivity index (χ3v) is 2.23. The lowest BCUT2D eigenvalue weighted by molar-refractivity contribution is 0.429. The number of aryl methyl sites for hydroxylation is 1. The van der Waals surface area contributed by atoms with Crippen molar-refractivity contribution in [3.8, 4) is 0 Å². The van der Waals surface area contributed by atoms with Gasteiger partial charge in [0.05, 0.1) is 6.20 Å². The van der Waals surface area contributed by atoms with Crippen molar-refractivity contribution in [1.29, 1.82) is 0 Å². The number of halogens is 1. The van der Waals surface area contributed by atoms with Gasteiger partial charge in [0.25, 0.3) is 0 Å². The average Bonchev–Trinajstić information content (AvgIpc) is 2.58. The van der Waals surface area contributed by atoms with Crippen molar-refractivity contribution in [2.24, 2.45) is 17.8 Å². The molecule has 0 radical (unpaired) electrons. The Morgan fingerprint density at radius 3 is 2.94 bits per heavy atom. The maximum Gasteiger partial charge on any atom is 0.203 e. The number of aromatic nitrogens is 2. The van der Waals surface area contributed by atoms with E-state index < -0.39 is 11.5 Å². The summed E-state index contributed by atoms with van der Waals surface area (Å²) in [4.78, 5) is 4.00. The van der Waals surface area contributed by atoms with Gasteiger partial charge in [0.2, 0.25) is 5.96 Å². The van der Waals surface area contributed by atoms with Crippen LogP contribution in [-0.2, 0) is 7.05 Å². The van der Waals surface area contributed by atoms with Crippen LogP contribution in [0.25, 0.3) is 0 Å². The predicted molar refractivity (Wildman–Crippen MR) is 59.2 cm³/mol. The van der Waals surface area contributed by atoms with Crippen LogP contribution in [0, 0.1) is 0 Å². The Balaban J connectivity index is 2.17. The standard InChI is InChI=1S/C9H13FN6/c1-9(11)6(10)5-12-8(15-9)14-7-3-4-13-16(7)2/h3-5H,11H2,1-2H3,(H2,12,14,15). The zero-order chi connectivity index (χ0) is 11.8. The van der Waals surface area contributed by atoms with Crippen LogP contribution >= 0.6 is 0 Å². The first kappa shape index (κ1) is 10.6. The lowest BCUT2D eigenvalue weighted by Crippen LogP contribution is -2.44. The SMILES string of the molecule is Cn1nccc1NC1=NC(C)(N)C(F)=CN1. The van der Waals surface area contributed by atoms with Gasteiger partial charge >= 0.3 is 0 Å². The molecule has 0 aromatic carbocycles. The fourth-order valence-corrected chi connectivity index (χ4v) is 1.28. The summed E-state index contributed by atoms with van der Waals surface area (Å²) in [5.74, 6) is 0.607. The molecule has 0 amide bonds. The highest BCUT2D eigenvalue weighted by Gasteiger charge is 2.27. The van der Waals surface area contributed by atoms with Crippen LogP contribution in [0.4, 0.5) is 10.2 Å². The van der Waals surface area contributed by atoms with E-state index in [1.54, 1.807) is 24.0 Å². The van der Waals surface area contributed by atoms with E-state index in [1.165, 1.54) is 13.1 Å². The lowest BCUT2D eigenvalue weighted by Gasteiger charge is -2.24. The Bertz CT molecular complexity index is 458. The van der Waals surface area contributed by atoms with E-state index in [0.717, 1.165) is 5.82 Å². The summed E-state index contributed by atoms with van der Waals surface area (Å²) in [6, 6.07) is 1.77. The summed E-state index contributed by atoms with van der Waals surface area (Å²) >= 11 is 0. The molecule has 2 heterocycles. The molecule has 6 nitrogen and oxygen atoms in total. The Morgan fingerprint density at radius 1 is 1.62 bits per heavy atom. The molecular weight excluding hydrogens is 211 g/mol. The Labute approximate surface area is 92.0 Å². The first-order valence-electron chi connectivity index (χ1n) is 4.75. The molecule has 16 heavy (non-hydrogen) atoms. The van der Waals surface area contributed by atoms with Crippen molar-refractivity contribution < 1.29 is 4.39 Å². The molecule has 0 aliphatic carbocycles. The molecule has 0 fully saturated rings. The van der Waals surface area contributed by atoms with Crippen LogP contribution in [-0.4, -0.2) is 21.4 Å². The van der Waals surface area contributed by atoms with Crippen LogP contribution in [0.15, 0.2) is 29.3 Å². The van der Waals surface area contributed by atoms with Crippen molar-refractivity contribution >= 4 is 11.8 Å². The molecular formula is C9H13FN6. The van der Waals surface area contributed by atoms with Crippen molar-refractivity contribution in [2.75, 3.05) is 5.32 Å². The van der Waals surface area contributed by atoms with Gasteiger partial charge in [-0.1, -0.05) is 0 Å². The summed E-state index contributed by atoms with van der Waals surface area (Å²) < 4.78 is 14.8. The van der Waals surface area contributed by atoms with Gasteiger partial charge in [-0.2, -0.15) is 5.10 Å². The second kappa shape index (κ2) is 3.60. The second-order valence-electron chi connectivity index (χ2n) is 3.71. The summed E-state index contributed by atoms with van der Waals surface area (Å²) in [6.07, 6.45) is 2.83. The van der Waals surface area contributed by atoms with E-state index in [4.69, 9.17) is 5.73 Å². The van der Waals surface area contributed by atoms with E-state index in [9.17, 15) is 4.39 Å². The van der Waals surface area contributed by atoms with Gasteiger partial charge in [-0.15, -0.1) is 0 Å². The molecule has 0 bridgehead atoms. The molecule has 0 saturated carbocycles. The first-order chi connectivity index (χ1) is 7.49. The third-order valence-electron chi connectivity index (χ3n) is 2.23. The van der Waals surface area contributed by atoms with Crippen LogP contribution in [0.3, 0.4) is 0 Å². The number of nitrogens with zero attached hydrogens (tertiary/aromatic N) is 3. The van der Waals surface area contributed by atoms with Gasteiger partial charge in [-0.05, 0) is 6.92 Å². The average molecular weight is 224 g/mol. The number of hydrogen-bond donors (Lipinski definition) is 3. The summed E-state index contributed by atoms with van der Waals surface area (Å²) in [5, 5.41) is 9.61. The normalized spacial score (nSPS) is 24.5. The number of anilines is 1. The van der Waals surface area contributed by atoms with Gasteiger partial charge in [-0.25, -0.2) is 9.38 Å². The molecule has 1 unspecified atom stereocenters. The van der Waals surface area contributed by atoms with E-state index >= 15 is 0 Å². The summed E-state index contributed by atoms with van der Waals surface area (Å²) in [7, 11) is 1.78. The summed E-state index contributed by atoms with van der Waals surface area (Å²) in [6.45, 7) is 1.49. The molecule has 0 spiro atoms. The van der Waals surface area contributed by atoms with Gasteiger partial charge in [0, 0.05) is 19.3 Å². The summed E-state index contributed by atoms with van der Waals surface area (Å²) in [5.41, 5.74) is 4.32. The molecule has 86 valence electrons. The topological polar surface area (TPSA) is 80.3 Å². The van der Waals surface area contributed by atoms with Gasteiger partial charge < -0.3 is 16.4 Å². The fourth-order valence-electron chi connectivity index (χ4n) is 1.28. The minimum absolute atomic E-state index is 0.384. The smallest absolute Gasteiger partial charge is 0.203 e. The fraction of sp³-hybridized carbons (Fsp3) is 0.333. The molecule has 1 atom stereocenters. The van der Waals surface area contributed by atoms with E-state index in [2.05, 4.69) is 20.7 Å². The predicted octanol–water partition coefficient (Wildman–Crippen LogP) is 0.277. The number of nitrogens with two attached hydrogens (primary N) is 1.